The van der Waals surface area contributed by atoms with Gasteiger partial charge in [-0.2, -0.15) is 13.2 Å². The Kier molecular flexibility index (Phi) is 5.53. The van der Waals surface area contributed by atoms with E-state index in [0.29, 0.717) is 26.2 Å². The smallest absolute Gasteiger partial charge is 0.314 e. The molecule has 0 spiro atoms. The lowest BCUT2D eigenvalue weighted by atomic mass is 9.98. The van der Waals surface area contributed by atoms with Gasteiger partial charge < -0.3 is 5.32 Å². The van der Waals surface area contributed by atoms with E-state index in [2.05, 4.69) is 5.32 Å². The van der Waals surface area contributed by atoms with Crippen molar-refractivity contribution in [2.45, 2.75) is 25.1 Å². The van der Waals surface area contributed by atoms with Crippen LogP contribution in [0.1, 0.15) is 24.4 Å². The molecule has 1 fully saturated rings. The fourth-order valence-corrected chi connectivity index (χ4v) is 2.73. The monoisotopic (exact) mass is 335 g/mol. The molecule has 0 amide bonds. The highest BCUT2D eigenvalue weighted by Crippen LogP contribution is 2.34. The molecule has 2 rings (SSSR count). The summed E-state index contributed by atoms with van der Waals surface area (Å²) in [7, 11) is 0. The maximum Gasteiger partial charge on any atom is 0.389 e. The maximum absolute atomic E-state index is 14.1. The Morgan fingerprint density at radius 3 is 2.52 bits per heavy atom. The van der Waals surface area contributed by atoms with Crippen LogP contribution in [0.15, 0.2) is 18.2 Å². The Bertz CT molecular complexity index is 559. The van der Waals surface area contributed by atoms with E-state index in [0.717, 1.165) is 18.2 Å². The summed E-state index contributed by atoms with van der Waals surface area (Å²) in [5.74, 6) is -0.721. The first-order chi connectivity index (χ1) is 10.8. The SMILES string of the molecule is O=[N+]([O-])c1ccc(F)c([C@H](CCC(F)(F)F)N2CCNCC2)c1. The Balaban J connectivity index is 2.31. The molecule has 1 aromatic rings. The number of benzene rings is 1. The molecule has 1 N–H and O–H groups in total. The second kappa shape index (κ2) is 7.22. The summed E-state index contributed by atoms with van der Waals surface area (Å²) in [6, 6.07) is 2.16. The topological polar surface area (TPSA) is 58.4 Å². The van der Waals surface area contributed by atoms with Crippen LogP contribution in [0.25, 0.3) is 0 Å². The molecule has 0 unspecified atom stereocenters. The fourth-order valence-electron chi connectivity index (χ4n) is 2.73. The zero-order valence-corrected chi connectivity index (χ0v) is 12.3. The Labute approximate surface area is 130 Å². The molecule has 0 radical (unpaired) electrons. The van der Waals surface area contributed by atoms with Gasteiger partial charge in [-0.05, 0) is 12.5 Å². The third kappa shape index (κ3) is 4.87. The highest BCUT2D eigenvalue weighted by Gasteiger charge is 2.33. The van der Waals surface area contributed by atoms with Crippen LogP contribution in [-0.4, -0.2) is 42.2 Å². The summed E-state index contributed by atoms with van der Waals surface area (Å²) in [4.78, 5) is 11.9. The largest absolute Gasteiger partial charge is 0.389 e. The van der Waals surface area contributed by atoms with Crippen molar-refractivity contribution in [3.05, 3.63) is 39.7 Å². The number of alkyl halides is 3. The maximum atomic E-state index is 14.1. The predicted molar refractivity (Wildman–Crippen MR) is 75.5 cm³/mol. The van der Waals surface area contributed by atoms with Crippen LogP contribution in [0.5, 0.6) is 0 Å². The third-order valence-electron chi connectivity index (χ3n) is 3.84. The van der Waals surface area contributed by atoms with E-state index < -0.39 is 29.4 Å². The highest BCUT2D eigenvalue weighted by atomic mass is 19.4. The van der Waals surface area contributed by atoms with Crippen LogP contribution in [0.2, 0.25) is 0 Å². The first-order valence-corrected chi connectivity index (χ1v) is 7.23. The molecular formula is C14H17F4N3O2. The first kappa shape index (κ1) is 17.6. The summed E-state index contributed by atoms with van der Waals surface area (Å²) in [5.41, 5.74) is -0.376. The second-order valence-corrected chi connectivity index (χ2v) is 5.42. The molecule has 128 valence electrons. The van der Waals surface area contributed by atoms with Crippen molar-refractivity contribution in [2.75, 3.05) is 26.2 Å². The van der Waals surface area contributed by atoms with Gasteiger partial charge in [-0.3, -0.25) is 15.0 Å². The van der Waals surface area contributed by atoms with E-state index in [1.807, 2.05) is 0 Å². The number of nitro groups is 1. The quantitative estimate of drug-likeness (QED) is 0.510. The highest BCUT2D eigenvalue weighted by molar-refractivity contribution is 5.37. The lowest BCUT2D eigenvalue weighted by molar-refractivity contribution is -0.385. The van der Waals surface area contributed by atoms with Gasteiger partial charge in [0.15, 0.2) is 0 Å². The van der Waals surface area contributed by atoms with Gasteiger partial charge in [0.05, 0.1) is 4.92 Å². The van der Waals surface area contributed by atoms with Crippen molar-refractivity contribution in [3.63, 3.8) is 0 Å². The van der Waals surface area contributed by atoms with E-state index >= 15 is 0 Å². The number of nitro benzene ring substituents is 1. The van der Waals surface area contributed by atoms with Gasteiger partial charge in [-0.25, -0.2) is 4.39 Å². The van der Waals surface area contributed by atoms with Gasteiger partial charge in [0, 0.05) is 56.3 Å². The molecule has 9 heteroatoms. The molecule has 0 aromatic heterocycles. The molecule has 1 atom stereocenters. The molecule has 1 aliphatic heterocycles. The summed E-state index contributed by atoms with van der Waals surface area (Å²) in [6.07, 6.45) is -5.76. The van der Waals surface area contributed by atoms with Crippen molar-refractivity contribution in [2.24, 2.45) is 0 Å². The standard InChI is InChI=1S/C14H17F4N3O2/c15-12-2-1-10(21(22)23)9-11(12)13(3-4-14(16,17)18)20-7-5-19-6-8-20/h1-2,9,13,19H,3-8H2/t13-/m0/s1. The molecular weight excluding hydrogens is 318 g/mol. The van der Waals surface area contributed by atoms with Crippen LogP contribution in [0, 0.1) is 15.9 Å². The second-order valence-electron chi connectivity index (χ2n) is 5.42. The number of nitrogens with zero attached hydrogens (tertiary/aromatic N) is 2. The minimum atomic E-state index is -4.36. The number of non-ortho nitro benzene ring substituents is 1. The Hall–Kier alpha value is -1.74. The minimum absolute atomic E-state index is 0.0506. The number of hydrogen-bond donors (Lipinski definition) is 1. The van der Waals surface area contributed by atoms with Gasteiger partial charge in [0.25, 0.3) is 5.69 Å². The lowest BCUT2D eigenvalue weighted by Gasteiger charge is -2.35. The van der Waals surface area contributed by atoms with Gasteiger partial charge in [-0.15, -0.1) is 0 Å². The first-order valence-electron chi connectivity index (χ1n) is 7.23. The normalized spacial score (nSPS) is 17.9. The molecule has 0 saturated carbocycles. The lowest BCUT2D eigenvalue weighted by Crippen LogP contribution is -2.45. The fraction of sp³-hybridized carbons (Fsp3) is 0.571. The van der Waals surface area contributed by atoms with Crippen molar-refractivity contribution in [1.82, 2.24) is 10.2 Å². The summed E-state index contributed by atoms with van der Waals surface area (Å²) < 4.78 is 51.8. The van der Waals surface area contributed by atoms with Gasteiger partial charge in [0.1, 0.15) is 5.82 Å². The van der Waals surface area contributed by atoms with Gasteiger partial charge in [0.2, 0.25) is 0 Å². The number of piperazine rings is 1. The van der Waals surface area contributed by atoms with Crippen molar-refractivity contribution >= 4 is 5.69 Å². The predicted octanol–water partition coefficient (Wildman–Crippen LogP) is 3.02. The number of nitrogens with one attached hydrogen (secondary N) is 1. The van der Waals surface area contributed by atoms with Gasteiger partial charge in [-0.1, -0.05) is 0 Å². The van der Waals surface area contributed by atoms with Crippen molar-refractivity contribution in [3.8, 4) is 0 Å². The molecule has 1 aliphatic rings. The number of halogens is 4. The average Bonchev–Trinajstić information content (AvgIpc) is 2.49. The van der Waals surface area contributed by atoms with Crippen LogP contribution >= 0.6 is 0 Å². The van der Waals surface area contributed by atoms with Crippen molar-refractivity contribution in [1.29, 1.82) is 0 Å². The van der Waals surface area contributed by atoms with Crippen LogP contribution in [0.4, 0.5) is 23.2 Å². The van der Waals surface area contributed by atoms with E-state index in [9.17, 15) is 27.7 Å². The van der Waals surface area contributed by atoms with Crippen LogP contribution < -0.4 is 5.32 Å². The van der Waals surface area contributed by atoms with E-state index in [-0.39, 0.29) is 17.7 Å². The molecule has 1 aromatic carbocycles. The molecule has 23 heavy (non-hydrogen) atoms. The summed E-state index contributed by atoms with van der Waals surface area (Å²) >= 11 is 0. The van der Waals surface area contributed by atoms with Crippen LogP contribution in [0.3, 0.4) is 0 Å². The molecule has 0 bridgehead atoms. The zero-order chi connectivity index (χ0) is 17.0. The summed E-state index contributed by atoms with van der Waals surface area (Å²) in [5, 5.41) is 13.9. The Morgan fingerprint density at radius 2 is 1.96 bits per heavy atom. The summed E-state index contributed by atoms with van der Waals surface area (Å²) in [6.45, 7) is 2.09. The van der Waals surface area contributed by atoms with Crippen molar-refractivity contribution < 1.29 is 22.5 Å². The molecule has 1 heterocycles. The Morgan fingerprint density at radius 1 is 1.30 bits per heavy atom. The molecule has 1 saturated heterocycles. The third-order valence-corrected chi connectivity index (χ3v) is 3.84. The van der Waals surface area contributed by atoms with Gasteiger partial charge >= 0.3 is 6.18 Å². The number of hydrogen-bond acceptors (Lipinski definition) is 4. The average molecular weight is 335 g/mol. The van der Waals surface area contributed by atoms with E-state index in [1.54, 1.807) is 4.90 Å². The van der Waals surface area contributed by atoms with E-state index in [4.69, 9.17) is 0 Å². The van der Waals surface area contributed by atoms with E-state index in [1.165, 1.54) is 0 Å². The molecule has 0 aliphatic carbocycles. The van der Waals surface area contributed by atoms with Crippen LogP contribution in [-0.2, 0) is 0 Å². The molecule has 5 nitrogen and oxygen atoms in total. The number of rotatable bonds is 5. The minimum Gasteiger partial charge on any atom is -0.314 e. The zero-order valence-electron chi connectivity index (χ0n) is 12.3.